The predicted octanol–water partition coefficient (Wildman–Crippen LogP) is 3.24. The molecule has 2 aliphatic rings. The van der Waals surface area contributed by atoms with Crippen LogP contribution in [0.5, 0.6) is 0 Å². The number of carbonyl (C=O) groups excluding carboxylic acids is 1. The molecule has 1 aromatic carbocycles. The van der Waals surface area contributed by atoms with Crippen molar-refractivity contribution in [2.45, 2.75) is 39.2 Å². The van der Waals surface area contributed by atoms with Crippen LogP contribution in [-0.2, 0) is 0 Å². The fraction of sp³-hybridized carbons (Fsp3) is 0.440. The Morgan fingerprint density at radius 3 is 2.64 bits per heavy atom. The number of aliphatic hydroxyl groups is 1. The molecule has 0 radical (unpaired) electrons. The van der Waals surface area contributed by atoms with E-state index in [1.54, 1.807) is 13.1 Å². The van der Waals surface area contributed by atoms with Crippen molar-refractivity contribution in [1.29, 1.82) is 0 Å². The summed E-state index contributed by atoms with van der Waals surface area (Å²) in [5.74, 6) is 1.16. The summed E-state index contributed by atoms with van der Waals surface area (Å²) in [4.78, 5) is 26.4. The molecule has 1 spiro atoms. The smallest absolute Gasteiger partial charge is 0.259 e. The number of benzene rings is 1. The molecule has 5 rings (SSSR count). The van der Waals surface area contributed by atoms with Gasteiger partial charge in [-0.1, -0.05) is 35.5 Å². The number of β-amino-alcohol motifs (C(OH)–C–C–N with tert-alkyl or cyclic N) is 1. The summed E-state index contributed by atoms with van der Waals surface area (Å²) >= 11 is 0. The summed E-state index contributed by atoms with van der Waals surface area (Å²) in [5, 5.41) is 14.8. The number of hydrogen-bond donors (Lipinski definition) is 1. The minimum absolute atomic E-state index is 0.0438. The number of anilines is 1. The molecule has 8 heteroatoms. The number of aryl methyl sites for hydroxylation is 2. The van der Waals surface area contributed by atoms with Gasteiger partial charge in [-0.3, -0.25) is 4.79 Å². The van der Waals surface area contributed by atoms with E-state index in [-0.39, 0.29) is 11.3 Å². The van der Waals surface area contributed by atoms with Crippen LogP contribution in [0.3, 0.4) is 0 Å². The van der Waals surface area contributed by atoms with E-state index >= 15 is 0 Å². The quantitative estimate of drug-likeness (QED) is 0.658. The van der Waals surface area contributed by atoms with Gasteiger partial charge < -0.3 is 19.4 Å². The van der Waals surface area contributed by atoms with Gasteiger partial charge in [-0.25, -0.2) is 9.97 Å². The Balaban J connectivity index is 1.32. The Morgan fingerprint density at radius 1 is 1.15 bits per heavy atom. The molecule has 2 aliphatic heterocycles. The minimum Gasteiger partial charge on any atom is -0.391 e. The lowest BCUT2D eigenvalue weighted by atomic mass is 9.71. The van der Waals surface area contributed by atoms with E-state index in [9.17, 15) is 9.90 Å². The van der Waals surface area contributed by atoms with Crippen molar-refractivity contribution in [3.63, 3.8) is 0 Å². The van der Waals surface area contributed by atoms with Gasteiger partial charge in [0.25, 0.3) is 5.91 Å². The average molecular weight is 448 g/mol. The lowest BCUT2D eigenvalue weighted by Crippen LogP contribution is -2.55. The number of aromatic nitrogens is 3. The highest BCUT2D eigenvalue weighted by Gasteiger charge is 2.43. The number of rotatable bonds is 3. The number of amides is 1. The molecule has 172 valence electrons. The van der Waals surface area contributed by atoms with Crippen molar-refractivity contribution < 1.29 is 14.4 Å². The van der Waals surface area contributed by atoms with E-state index in [1.165, 1.54) is 0 Å². The zero-order valence-corrected chi connectivity index (χ0v) is 19.1. The highest BCUT2D eigenvalue weighted by Crippen LogP contribution is 2.41. The number of nitrogens with zero attached hydrogens (tertiary/aromatic N) is 5. The second-order valence-electron chi connectivity index (χ2n) is 9.36. The van der Waals surface area contributed by atoms with Gasteiger partial charge in [0.2, 0.25) is 5.95 Å². The monoisotopic (exact) mass is 447 g/mol. The van der Waals surface area contributed by atoms with Crippen molar-refractivity contribution in [2.75, 3.05) is 31.1 Å². The summed E-state index contributed by atoms with van der Waals surface area (Å²) in [7, 11) is 0. The zero-order chi connectivity index (χ0) is 23.0. The first-order valence-corrected chi connectivity index (χ1v) is 11.5. The van der Waals surface area contributed by atoms with Gasteiger partial charge in [-0.15, -0.1) is 0 Å². The standard InChI is InChI=1S/C25H29N5O3/c1-17-8-11-26-24(27-17)30-15-20(31)14-25(16-30)9-12-29(13-10-25)23(32)21-18(2)33-28-22(21)19-6-4-3-5-7-19/h3-8,11,20,31H,9-10,12-16H2,1-2H3. The van der Waals surface area contributed by atoms with E-state index in [0.717, 1.165) is 37.1 Å². The first kappa shape index (κ1) is 21.6. The number of hydrogen-bond acceptors (Lipinski definition) is 7. The first-order chi connectivity index (χ1) is 15.9. The number of piperidine rings is 2. The molecule has 33 heavy (non-hydrogen) atoms. The van der Waals surface area contributed by atoms with Crippen LogP contribution in [0.25, 0.3) is 11.3 Å². The van der Waals surface area contributed by atoms with Crippen LogP contribution in [0, 0.1) is 19.3 Å². The Labute approximate surface area is 193 Å². The third-order valence-corrected chi connectivity index (χ3v) is 6.93. The molecule has 1 atom stereocenters. The second kappa shape index (κ2) is 8.59. The maximum atomic E-state index is 13.5. The number of aliphatic hydroxyl groups excluding tert-OH is 1. The Morgan fingerprint density at radius 2 is 1.91 bits per heavy atom. The molecule has 8 nitrogen and oxygen atoms in total. The molecule has 2 saturated heterocycles. The van der Waals surface area contributed by atoms with Crippen LogP contribution >= 0.6 is 0 Å². The van der Waals surface area contributed by atoms with Crippen LogP contribution < -0.4 is 4.90 Å². The Bertz CT molecular complexity index is 1140. The summed E-state index contributed by atoms with van der Waals surface area (Å²) in [6.07, 6.45) is 3.71. The van der Waals surface area contributed by atoms with E-state index in [0.29, 0.717) is 42.6 Å². The van der Waals surface area contributed by atoms with Gasteiger partial charge in [0, 0.05) is 43.6 Å². The summed E-state index contributed by atoms with van der Waals surface area (Å²) in [6, 6.07) is 11.5. The lowest BCUT2D eigenvalue weighted by Gasteiger charge is -2.49. The molecule has 2 aromatic heterocycles. The number of carbonyl (C=O) groups is 1. The van der Waals surface area contributed by atoms with Gasteiger partial charge in [0.1, 0.15) is 17.0 Å². The van der Waals surface area contributed by atoms with Crippen LogP contribution in [-0.4, -0.2) is 63.3 Å². The second-order valence-corrected chi connectivity index (χ2v) is 9.36. The molecule has 1 amide bonds. The average Bonchev–Trinajstić information content (AvgIpc) is 3.20. The molecule has 2 fully saturated rings. The zero-order valence-electron chi connectivity index (χ0n) is 19.1. The van der Waals surface area contributed by atoms with Crippen molar-refractivity contribution in [3.05, 3.63) is 59.6 Å². The first-order valence-electron chi connectivity index (χ1n) is 11.5. The van der Waals surface area contributed by atoms with E-state index < -0.39 is 6.10 Å². The molecular formula is C25H29N5O3. The third-order valence-electron chi connectivity index (χ3n) is 6.93. The molecule has 4 heterocycles. The van der Waals surface area contributed by atoms with Gasteiger partial charge in [-0.05, 0) is 44.6 Å². The van der Waals surface area contributed by atoms with Crippen molar-refractivity contribution in [2.24, 2.45) is 5.41 Å². The SMILES string of the molecule is Cc1ccnc(N2CC(O)CC3(CCN(C(=O)c4c(-c5ccccc5)noc4C)CC3)C2)n1. The Kier molecular flexibility index (Phi) is 5.62. The number of likely N-dealkylation sites (tertiary alicyclic amines) is 1. The molecule has 1 unspecified atom stereocenters. The Hall–Kier alpha value is -3.26. The van der Waals surface area contributed by atoms with Gasteiger partial charge >= 0.3 is 0 Å². The van der Waals surface area contributed by atoms with E-state index in [1.807, 2.05) is 48.2 Å². The van der Waals surface area contributed by atoms with Gasteiger partial charge in [0.15, 0.2) is 0 Å². The lowest BCUT2D eigenvalue weighted by molar-refractivity contribution is 0.0244. The van der Waals surface area contributed by atoms with Crippen molar-refractivity contribution in [1.82, 2.24) is 20.0 Å². The summed E-state index contributed by atoms with van der Waals surface area (Å²) in [6.45, 7) is 6.32. The highest BCUT2D eigenvalue weighted by atomic mass is 16.5. The van der Waals surface area contributed by atoms with Gasteiger partial charge in [0.05, 0.1) is 6.10 Å². The molecule has 3 aromatic rings. The minimum atomic E-state index is -0.435. The normalized spacial score (nSPS) is 20.3. The van der Waals surface area contributed by atoms with Gasteiger partial charge in [-0.2, -0.15) is 0 Å². The van der Waals surface area contributed by atoms with Crippen LogP contribution in [0.15, 0.2) is 47.1 Å². The molecule has 0 saturated carbocycles. The predicted molar refractivity (Wildman–Crippen MR) is 124 cm³/mol. The van der Waals surface area contributed by atoms with Crippen LogP contribution in [0.2, 0.25) is 0 Å². The van der Waals surface area contributed by atoms with Crippen molar-refractivity contribution >= 4 is 11.9 Å². The van der Waals surface area contributed by atoms with Crippen LogP contribution in [0.4, 0.5) is 5.95 Å². The largest absolute Gasteiger partial charge is 0.391 e. The van der Waals surface area contributed by atoms with Crippen LogP contribution in [0.1, 0.15) is 41.1 Å². The summed E-state index contributed by atoms with van der Waals surface area (Å²) in [5.41, 5.74) is 2.85. The molecule has 1 N–H and O–H groups in total. The summed E-state index contributed by atoms with van der Waals surface area (Å²) < 4.78 is 5.41. The maximum absolute atomic E-state index is 13.5. The highest BCUT2D eigenvalue weighted by molar-refractivity contribution is 6.00. The third kappa shape index (κ3) is 4.23. The maximum Gasteiger partial charge on any atom is 0.259 e. The van der Waals surface area contributed by atoms with Crippen molar-refractivity contribution in [3.8, 4) is 11.3 Å². The molecule has 0 aliphatic carbocycles. The fourth-order valence-corrected chi connectivity index (χ4v) is 5.21. The van der Waals surface area contributed by atoms with E-state index in [2.05, 4.69) is 20.0 Å². The molecule has 0 bridgehead atoms. The van der Waals surface area contributed by atoms with E-state index in [4.69, 9.17) is 4.52 Å². The molecular weight excluding hydrogens is 418 g/mol. The fourth-order valence-electron chi connectivity index (χ4n) is 5.21. The topological polar surface area (TPSA) is 95.6 Å².